The molecule has 1 atom stereocenters. The standard InChI is InChI=1S/C7H12F4/c1-3-4(2)5(6(8)9)7(10)11/h4-7H,3H2,1-2H3. The summed E-state index contributed by atoms with van der Waals surface area (Å²) in [5, 5.41) is 0. The van der Waals surface area contributed by atoms with Crippen molar-refractivity contribution in [3.63, 3.8) is 0 Å². The molecule has 0 N–H and O–H groups in total. The van der Waals surface area contributed by atoms with Crippen molar-refractivity contribution in [2.75, 3.05) is 0 Å². The van der Waals surface area contributed by atoms with Crippen LogP contribution in [0.5, 0.6) is 0 Å². The third kappa shape index (κ3) is 3.08. The molecule has 0 rings (SSSR count). The second-order valence-electron chi connectivity index (χ2n) is 2.63. The first-order chi connectivity index (χ1) is 5.00. The van der Waals surface area contributed by atoms with Gasteiger partial charge in [0.1, 0.15) is 0 Å². The minimum Gasteiger partial charge on any atom is -0.210 e. The van der Waals surface area contributed by atoms with Gasteiger partial charge in [0.15, 0.2) is 0 Å². The Kier molecular flexibility index (Phi) is 4.45. The molecule has 0 aliphatic heterocycles. The maximum atomic E-state index is 11.9. The molecule has 1 unspecified atom stereocenters. The van der Waals surface area contributed by atoms with Crippen LogP contribution in [0.1, 0.15) is 20.3 Å². The van der Waals surface area contributed by atoms with Crippen LogP contribution in [0.25, 0.3) is 0 Å². The van der Waals surface area contributed by atoms with Crippen molar-refractivity contribution < 1.29 is 17.6 Å². The molecule has 0 saturated heterocycles. The van der Waals surface area contributed by atoms with E-state index >= 15 is 0 Å². The predicted molar refractivity (Wildman–Crippen MR) is 35.0 cm³/mol. The minimum absolute atomic E-state index is 0.360. The SMILES string of the molecule is CCC(C)C(C(F)F)C(F)F. The van der Waals surface area contributed by atoms with E-state index in [0.29, 0.717) is 6.42 Å². The first kappa shape index (κ1) is 10.7. The lowest BCUT2D eigenvalue weighted by Crippen LogP contribution is -2.26. The third-order valence-electron chi connectivity index (χ3n) is 1.88. The smallest absolute Gasteiger partial charge is 0.210 e. The zero-order valence-electron chi connectivity index (χ0n) is 6.53. The second-order valence-corrected chi connectivity index (χ2v) is 2.63. The number of hydrogen-bond acceptors (Lipinski definition) is 0. The Bertz CT molecular complexity index is 94.6. The monoisotopic (exact) mass is 172 g/mol. The molecule has 11 heavy (non-hydrogen) atoms. The average Bonchev–Trinajstić information content (AvgIpc) is 1.85. The molecule has 0 amide bonds. The Morgan fingerprint density at radius 1 is 1.00 bits per heavy atom. The van der Waals surface area contributed by atoms with E-state index in [1.54, 1.807) is 6.92 Å². The molecular weight excluding hydrogens is 160 g/mol. The lowest BCUT2D eigenvalue weighted by molar-refractivity contribution is -0.0531. The fourth-order valence-corrected chi connectivity index (χ4v) is 0.879. The molecule has 0 aromatic rings. The Morgan fingerprint density at radius 3 is 1.45 bits per heavy atom. The lowest BCUT2D eigenvalue weighted by atomic mass is 9.93. The highest BCUT2D eigenvalue weighted by Crippen LogP contribution is 2.28. The minimum atomic E-state index is -2.91. The summed E-state index contributed by atoms with van der Waals surface area (Å²) in [7, 11) is 0. The van der Waals surface area contributed by atoms with E-state index in [-0.39, 0.29) is 0 Å². The van der Waals surface area contributed by atoms with Crippen molar-refractivity contribution >= 4 is 0 Å². The molecule has 0 bridgehead atoms. The van der Waals surface area contributed by atoms with Crippen LogP contribution in [0.3, 0.4) is 0 Å². The highest BCUT2D eigenvalue weighted by molar-refractivity contribution is 4.69. The summed E-state index contributed by atoms with van der Waals surface area (Å²) in [4.78, 5) is 0. The molecule has 0 aromatic heterocycles. The Hall–Kier alpha value is -0.280. The van der Waals surface area contributed by atoms with Gasteiger partial charge in [0, 0.05) is 0 Å². The Balaban J connectivity index is 4.09. The van der Waals surface area contributed by atoms with Gasteiger partial charge in [0.25, 0.3) is 0 Å². The molecule has 0 saturated carbocycles. The molecule has 0 heterocycles. The van der Waals surface area contributed by atoms with E-state index < -0.39 is 24.7 Å². The summed E-state index contributed by atoms with van der Waals surface area (Å²) in [5.74, 6) is -2.38. The van der Waals surface area contributed by atoms with Gasteiger partial charge < -0.3 is 0 Å². The van der Waals surface area contributed by atoms with Crippen LogP contribution in [-0.4, -0.2) is 12.9 Å². The highest BCUT2D eigenvalue weighted by Gasteiger charge is 2.33. The highest BCUT2D eigenvalue weighted by atomic mass is 19.3. The molecule has 0 radical (unpaired) electrons. The molecule has 0 fully saturated rings. The van der Waals surface area contributed by atoms with Crippen molar-refractivity contribution in [3.05, 3.63) is 0 Å². The Morgan fingerprint density at radius 2 is 1.36 bits per heavy atom. The molecule has 0 aliphatic rings. The normalized spacial score (nSPS) is 15.0. The summed E-state index contributed by atoms with van der Waals surface area (Å²) in [6.45, 7) is 3.05. The molecule has 68 valence electrons. The van der Waals surface area contributed by atoms with Gasteiger partial charge in [-0.05, 0) is 5.92 Å². The van der Waals surface area contributed by atoms with Gasteiger partial charge in [-0.2, -0.15) is 0 Å². The number of alkyl halides is 4. The number of hydrogen-bond donors (Lipinski definition) is 0. The zero-order chi connectivity index (χ0) is 9.02. The molecule has 0 nitrogen and oxygen atoms in total. The van der Waals surface area contributed by atoms with E-state index in [1.807, 2.05) is 0 Å². The van der Waals surface area contributed by atoms with Crippen LogP contribution >= 0.6 is 0 Å². The molecule has 4 heteroatoms. The first-order valence-electron chi connectivity index (χ1n) is 3.57. The fraction of sp³-hybridized carbons (Fsp3) is 1.00. The summed E-state index contributed by atoms with van der Waals surface area (Å²) >= 11 is 0. The molecular formula is C7H12F4. The van der Waals surface area contributed by atoms with Gasteiger partial charge in [-0.25, -0.2) is 17.6 Å². The van der Waals surface area contributed by atoms with Gasteiger partial charge in [0.05, 0.1) is 5.92 Å². The summed E-state index contributed by atoms with van der Waals surface area (Å²) < 4.78 is 47.6. The van der Waals surface area contributed by atoms with Crippen LogP contribution in [-0.2, 0) is 0 Å². The maximum absolute atomic E-state index is 11.9. The van der Waals surface area contributed by atoms with E-state index in [9.17, 15) is 17.6 Å². The average molecular weight is 172 g/mol. The second kappa shape index (κ2) is 4.57. The molecule has 0 spiro atoms. The summed E-state index contributed by atoms with van der Waals surface area (Å²) in [6.07, 6.45) is -5.46. The van der Waals surface area contributed by atoms with Crippen molar-refractivity contribution in [2.24, 2.45) is 11.8 Å². The predicted octanol–water partition coefficient (Wildman–Crippen LogP) is 3.18. The summed E-state index contributed by atoms with van der Waals surface area (Å²) in [6, 6.07) is 0. The number of rotatable bonds is 4. The van der Waals surface area contributed by atoms with Crippen LogP contribution in [0, 0.1) is 11.8 Å². The van der Waals surface area contributed by atoms with Crippen molar-refractivity contribution in [1.29, 1.82) is 0 Å². The van der Waals surface area contributed by atoms with Gasteiger partial charge in [-0.15, -0.1) is 0 Å². The van der Waals surface area contributed by atoms with Crippen LogP contribution in [0.4, 0.5) is 17.6 Å². The van der Waals surface area contributed by atoms with E-state index in [1.165, 1.54) is 6.92 Å². The third-order valence-corrected chi connectivity index (χ3v) is 1.88. The van der Waals surface area contributed by atoms with Gasteiger partial charge in [-0.1, -0.05) is 20.3 Å². The van der Waals surface area contributed by atoms with Crippen LogP contribution in [0.15, 0.2) is 0 Å². The van der Waals surface area contributed by atoms with E-state index in [4.69, 9.17) is 0 Å². The van der Waals surface area contributed by atoms with Crippen molar-refractivity contribution in [3.8, 4) is 0 Å². The van der Waals surface area contributed by atoms with Gasteiger partial charge in [-0.3, -0.25) is 0 Å². The quantitative estimate of drug-likeness (QED) is 0.571. The molecule has 0 aromatic carbocycles. The van der Waals surface area contributed by atoms with Crippen LogP contribution in [0.2, 0.25) is 0 Å². The zero-order valence-corrected chi connectivity index (χ0v) is 6.53. The van der Waals surface area contributed by atoms with Gasteiger partial charge in [0.2, 0.25) is 12.9 Å². The maximum Gasteiger partial charge on any atom is 0.247 e. The van der Waals surface area contributed by atoms with Crippen molar-refractivity contribution in [2.45, 2.75) is 33.1 Å². The molecule has 0 aliphatic carbocycles. The largest absolute Gasteiger partial charge is 0.247 e. The van der Waals surface area contributed by atoms with Gasteiger partial charge >= 0.3 is 0 Å². The van der Waals surface area contributed by atoms with Crippen LogP contribution < -0.4 is 0 Å². The summed E-state index contributed by atoms with van der Waals surface area (Å²) in [5.41, 5.74) is 0. The first-order valence-corrected chi connectivity index (χ1v) is 3.57. The fourth-order valence-electron chi connectivity index (χ4n) is 0.879. The van der Waals surface area contributed by atoms with Crippen molar-refractivity contribution in [1.82, 2.24) is 0 Å². The topological polar surface area (TPSA) is 0 Å². The van der Waals surface area contributed by atoms with E-state index in [0.717, 1.165) is 0 Å². The lowest BCUT2D eigenvalue weighted by Gasteiger charge is -2.20. The Labute approximate surface area is 63.6 Å². The van der Waals surface area contributed by atoms with E-state index in [2.05, 4.69) is 0 Å². The number of halogens is 4.